The van der Waals surface area contributed by atoms with Gasteiger partial charge in [-0.2, -0.15) is 0 Å². The van der Waals surface area contributed by atoms with E-state index >= 15 is 0 Å². The van der Waals surface area contributed by atoms with Gasteiger partial charge in [-0.3, -0.25) is 9.59 Å². The van der Waals surface area contributed by atoms with E-state index in [-0.39, 0.29) is 18.4 Å². The van der Waals surface area contributed by atoms with E-state index in [1.807, 2.05) is 43.3 Å². The molecule has 0 saturated carbocycles. The normalized spacial score (nSPS) is 13.2. The van der Waals surface area contributed by atoms with Crippen LogP contribution in [0.1, 0.15) is 25.3 Å². The highest BCUT2D eigenvalue weighted by molar-refractivity contribution is 5.99. The van der Waals surface area contributed by atoms with Crippen molar-refractivity contribution >= 4 is 23.2 Å². The number of anilines is 2. The van der Waals surface area contributed by atoms with Crippen LogP contribution in [0.15, 0.2) is 48.5 Å². The molecule has 5 nitrogen and oxygen atoms in total. The maximum atomic E-state index is 12.2. The van der Waals surface area contributed by atoms with Crippen LogP contribution in [-0.2, 0) is 16.0 Å². The number of ether oxygens (including phenoxy) is 1. The second-order valence-electron chi connectivity index (χ2n) is 6.05. The number of benzene rings is 2. The Morgan fingerprint density at radius 3 is 2.76 bits per heavy atom. The lowest BCUT2D eigenvalue weighted by atomic mass is 10.1. The van der Waals surface area contributed by atoms with Gasteiger partial charge in [0, 0.05) is 18.7 Å². The first-order valence-electron chi connectivity index (χ1n) is 8.58. The van der Waals surface area contributed by atoms with Crippen LogP contribution in [0.25, 0.3) is 0 Å². The topological polar surface area (TPSA) is 58.6 Å². The predicted molar refractivity (Wildman–Crippen MR) is 98.0 cm³/mol. The quantitative estimate of drug-likeness (QED) is 0.878. The third-order valence-electron chi connectivity index (χ3n) is 4.12. The van der Waals surface area contributed by atoms with Crippen molar-refractivity contribution in [1.82, 2.24) is 0 Å². The average molecular weight is 338 g/mol. The number of carbonyl (C=O) groups excluding carboxylic acids is 2. The van der Waals surface area contributed by atoms with E-state index in [1.54, 1.807) is 17.0 Å². The van der Waals surface area contributed by atoms with Crippen molar-refractivity contribution in [3.63, 3.8) is 0 Å². The molecule has 1 aliphatic heterocycles. The molecule has 2 amide bonds. The molecule has 25 heavy (non-hydrogen) atoms. The minimum atomic E-state index is -0.0538. The molecule has 1 aliphatic rings. The minimum absolute atomic E-state index is 0.0473. The zero-order valence-corrected chi connectivity index (χ0v) is 14.3. The third-order valence-corrected chi connectivity index (χ3v) is 4.12. The van der Waals surface area contributed by atoms with Gasteiger partial charge in [-0.15, -0.1) is 0 Å². The van der Waals surface area contributed by atoms with Gasteiger partial charge in [-0.25, -0.2) is 0 Å². The van der Waals surface area contributed by atoms with E-state index in [1.165, 1.54) is 0 Å². The highest BCUT2D eigenvalue weighted by Gasteiger charge is 2.25. The Labute approximate surface area is 147 Å². The Hall–Kier alpha value is -2.82. The second kappa shape index (κ2) is 7.83. The number of hydrogen-bond acceptors (Lipinski definition) is 3. The van der Waals surface area contributed by atoms with Gasteiger partial charge in [-0.05, 0) is 36.6 Å². The minimum Gasteiger partial charge on any atom is -0.482 e. The molecule has 0 unspecified atom stereocenters. The lowest BCUT2D eigenvalue weighted by molar-refractivity contribution is -0.121. The zero-order chi connectivity index (χ0) is 17.6. The van der Waals surface area contributed by atoms with Gasteiger partial charge in [0.2, 0.25) is 5.91 Å². The Balaban J connectivity index is 1.67. The molecule has 0 radical (unpaired) electrons. The first-order chi connectivity index (χ1) is 12.2. The van der Waals surface area contributed by atoms with Gasteiger partial charge >= 0.3 is 0 Å². The molecule has 0 bridgehead atoms. The smallest absolute Gasteiger partial charge is 0.265 e. The number of nitrogens with zero attached hydrogens (tertiary/aromatic N) is 1. The fourth-order valence-electron chi connectivity index (χ4n) is 2.87. The average Bonchev–Trinajstić information content (AvgIpc) is 2.63. The summed E-state index contributed by atoms with van der Waals surface area (Å²) >= 11 is 0. The van der Waals surface area contributed by atoms with Crippen LogP contribution in [0, 0.1) is 0 Å². The molecule has 3 rings (SSSR count). The summed E-state index contributed by atoms with van der Waals surface area (Å²) in [4.78, 5) is 26.0. The van der Waals surface area contributed by atoms with Gasteiger partial charge in [0.25, 0.3) is 5.91 Å². The van der Waals surface area contributed by atoms with Crippen molar-refractivity contribution in [2.75, 3.05) is 23.4 Å². The summed E-state index contributed by atoms with van der Waals surface area (Å²) < 4.78 is 5.47. The summed E-state index contributed by atoms with van der Waals surface area (Å²) in [6.07, 6.45) is 1.97. The van der Waals surface area contributed by atoms with Crippen molar-refractivity contribution in [3.05, 3.63) is 54.1 Å². The first kappa shape index (κ1) is 17.0. The van der Waals surface area contributed by atoms with Gasteiger partial charge in [-0.1, -0.05) is 37.3 Å². The van der Waals surface area contributed by atoms with Gasteiger partial charge in [0.1, 0.15) is 5.75 Å². The molecular weight excluding hydrogens is 316 g/mol. The number of fused-ring (bicyclic) bond motifs is 1. The summed E-state index contributed by atoms with van der Waals surface area (Å²) in [6.45, 7) is 2.73. The Kier molecular flexibility index (Phi) is 5.33. The predicted octanol–water partition coefficient (Wildman–Crippen LogP) is 3.39. The van der Waals surface area contributed by atoms with Crippen molar-refractivity contribution < 1.29 is 14.3 Å². The Morgan fingerprint density at radius 1 is 1.20 bits per heavy atom. The molecule has 0 atom stereocenters. The van der Waals surface area contributed by atoms with E-state index in [9.17, 15) is 9.59 Å². The number of aryl methyl sites for hydroxylation is 1. The SMILES string of the molecule is CCCN1C(=O)COc2ccc(NC(=O)CCc3ccccc3)cc21. The van der Waals surface area contributed by atoms with Gasteiger partial charge < -0.3 is 15.0 Å². The van der Waals surface area contributed by atoms with Crippen LogP contribution in [0.2, 0.25) is 0 Å². The largest absolute Gasteiger partial charge is 0.482 e. The van der Waals surface area contributed by atoms with Crippen molar-refractivity contribution in [2.24, 2.45) is 0 Å². The van der Waals surface area contributed by atoms with Crippen LogP contribution < -0.4 is 15.0 Å². The van der Waals surface area contributed by atoms with Crippen LogP contribution in [0.4, 0.5) is 11.4 Å². The van der Waals surface area contributed by atoms with Crippen LogP contribution in [0.3, 0.4) is 0 Å². The number of carbonyl (C=O) groups is 2. The molecule has 1 heterocycles. The highest BCUT2D eigenvalue weighted by Crippen LogP contribution is 2.34. The second-order valence-corrected chi connectivity index (χ2v) is 6.05. The Morgan fingerprint density at radius 2 is 2.00 bits per heavy atom. The fourth-order valence-corrected chi connectivity index (χ4v) is 2.87. The molecule has 130 valence electrons. The Bertz CT molecular complexity index is 759. The van der Waals surface area contributed by atoms with E-state index in [4.69, 9.17) is 4.74 Å². The number of hydrogen-bond donors (Lipinski definition) is 1. The monoisotopic (exact) mass is 338 g/mol. The van der Waals surface area contributed by atoms with Crippen LogP contribution >= 0.6 is 0 Å². The van der Waals surface area contributed by atoms with Gasteiger partial charge in [0.15, 0.2) is 6.61 Å². The maximum absolute atomic E-state index is 12.2. The standard InChI is InChI=1S/C20H22N2O3/c1-2-12-22-17-13-16(9-10-18(17)25-14-20(22)24)21-19(23)11-8-15-6-4-3-5-7-15/h3-7,9-10,13H,2,8,11-12,14H2,1H3,(H,21,23). The van der Waals surface area contributed by atoms with E-state index in [0.29, 0.717) is 30.8 Å². The molecule has 5 heteroatoms. The molecule has 0 saturated heterocycles. The first-order valence-corrected chi connectivity index (χ1v) is 8.58. The number of amides is 2. The molecular formula is C20H22N2O3. The summed E-state index contributed by atoms with van der Waals surface area (Å²) in [7, 11) is 0. The fraction of sp³-hybridized carbons (Fsp3) is 0.300. The van der Waals surface area contributed by atoms with Crippen molar-refractivity contribution in [2.45, 2.75) is 26.2 Å². The maximum Gasteiger partial charge on any atom is 0.265 e. The van der Waals surface area contributed by atoms with Crippen molar-refractivity contribution in [1.29, 1.82) is 0 Å². The lowest BCUT2D eigenvalue weighted by Crippen LogP contribution is -2.39. The van der Waals surface area contributed by atoms with Crippen LogP contribution in [-0.4, -0.2) is 25.0 Å². The van der Waals surface area contributed by atoms with Crippen molar-refractivity contribution in [3.8, 4) is 5.75 Å². The molecule has 0 fully saturated rings. The molecule has 2 aromatic carbocycles. The van der Waals surface area contributed by atoms with E-state index in [0.717, 1.165) is 17.7 Å². The summed E-state index contributed by atoms with van der Waals surface area (Å²) in [5.74, 6) is 0.575. The molecule has 0 aromatic heterocycles. The summed E-state index contributed by atoms with van der Waals surface area (Å²) in [6, 6.07) is 15.3. The molecule has 0 spiro atoms. The summed E-state index contributed by atoms with van der Waals surface area (Å²) in [5, 5.41) is 2.91. The number of rotatable bonds is 6. The van der Waals surface area contributed by atoms with Crippen LogP contribution in [0.5, 0.6) is 5.75 Å². The third kappa shape index (κ3) is 4.18. The lowest BCUT2D eigenvalue weighted by Gasteiger charge is -2.29. The summed E-state index contributed by atoms with van der Waals surface area (Å²) in [5.41, 5.74) is 2.53. The highest BCUT2D eigenvalue weighted by atomic mass is 16.5. The number of nitrogens with one attached hydrogen (secondary N) is 1. The molecule has 0 aliphatic carbocycles. The van der Waals surface area contributed by atoms with E-state index in [2.05, 4.69) is 5.32 Å². The van der Waals surface area contributed by atoms with E-state index < -0.39 is 0 Å². The molecule has 1 N–H and O–H groups in total. The zero-order valence-electron chi connectivity index (χ0n) is 14.3. The molecule has 2 aromatic rings. The van der Waals surface area contributed by atoms with Gasteiger partial charge in [0.05, 0.1) is 5.69 Å².